The Bertz CT molecular complexity index is 651. The maximum Gasteiger partial charge on any atom is 0.289 e. The molecule has 1 aliphatic carbocycles. The number of nitro benzene ring substituents is 1. The third kappa shape index (κ3) is 2.82. The Kier molecular flexibility index (Phi) is 3.81. The first-order chi connectivity index (χ1) is 9.20. The van der Waals surface area contributed by atoms with Crippen molar-refractivity contribution in [3.8, 4) is 0 Å². The SMILES string of the molecule is Cc1cc([N+](=O)[O-])c(S(=O)(=O)NC2CC(N)C2)cc1C. The molecule has 1 aromatic carbocycles. The Morgan fingerprint density at radius 2 is 1.85 bits per heavy atom. The van der Waals surface area contributed by atoms with Crippen LogP contribution in [0.3, 0.4) is 0 Å². The number of benzene rings is 1. The predicted molar refractivity (Wildman–Crippen MR) is 73.9 cm³/mol. The molecule has 0 atom stereocenters. The maximum absolute atomic E-state index is 12.3. The highest BCUT2D eigenvalue weighted by Crippen LogP contribution is 2.29. The average Bonchev–Trinajstić information content (AvgIpc) is 2.29. The molecule has 0 bridgehead atoms. The number of aryl methyl sites for hydroxylation is 2. The van der Waals surface area contributed by atoms with Gasteiger partial charge in [-0.05, 0) is 43.9 Å². The molecule has 1 fully saturated rings. The van der Waals surface area contributed by atoms with E-state index < -0.39 is 20.6 Å². The van der Waals surface area contributed by atoms with E-state index in [1.165, 1.54) is 12.1 Å². The minimum absolute atomic E-state index is 0.00237. The number of nitrogens with two attached hydrogens (primary N) is 1. The molecule has 0 aliphatic heterocycles. The molecule has 3 N–H and O–H groups in total. The summed E-state index contributed by atoms with van der Waals surface area (Å²) >= 11 is 0. The first-order valence-corrected chi connectivity index (χ1v) is 7.72. The van der Waals surface area contributed by atoms with E-state index in [0.717, 1.165) is 0 Å². The monoisotopic (exact) mass is 299 g/mol. The Morgan fingerprint density at radius 3 is 2.35 bits per heavy atom. The molecular formula is C12H17N3O4S. The molecule has 0 spiro atoms. The fourth-order valence-electron chi connectivity index (χ4n) is 2.17. The largest absolute Gasteiger partial charge is 0.328 e. The summed E-state index contributed by atoms with van der Waals surface area (Å²) < 4.78 is 27.0. The Labute approximate surface area is 117 Å². The smallest absolute Gasteiger partial charge is 0.289 e. The third-order valence-electron chi connectivity index (χ3n) is 3.56. The Morgan fingerprint density at radius 1 is 1.30 bits per heavy atom. The minimum atomic E-state index is -3.91. The summed E-state index contributed by atoms with van der Waals surface area (Å²) in [6, 6.07) is 2.39. The molecule has 2 rings (SSSR count). The first kappa shape index (κ1) is 14.9. The fourth-order valence-corrected chi connectivity index (χ4v) is 3.67. The first-order valence-electron chi connectivity index (χ1n) is 6.24. The van der Waals surface area contributed by atoms with Gasteiger partial charge in [-0.1, -0.05) is 0 Å². The number of rotatable bonds is 4. The van der Waals surface area contributed by atoms with Crippen LogP contribution in [0.5, 0.6) is 0 Å². The van der Waals surface area contributed by atoms with Crippen molar-refractivity contribution in [1.29, 1.82) is 0 Å². The number of nitrogens with one attached hydrogen (secondary N) is 1. The van der Waals surface area contributed by atoms with Gasteiger partial charge in [0.2, 0.25) is 10.0 Å². The summed E-state index contributed by atoms with van der Waals surface area (Å²) in [6.45, 7) is 3.43. The highest BCUT2D eigenvalue weighted by Gasteiger charge is 2.33. The van der Waals surface area contributed by atoms with Crippen molar-refractivity contribution in [2.45, 2.75) is 43.7 Å². The molecular weight excluding hydrogens is 282 g/mol. The van der Waals surface area contributed by atoms with Gasteiger partial charge in [-0.15, -0.1) is 0 Å². The standard InChI is InChI=1S/C12H17N3O4S/c1-7-3-11(15(16)17)12(4-8(7)2)20(18,19)14-10-5-9(13)6-10/h3-4,9-10,14H,5-6,13H2,1-2H3. The van der Waals surface area contributed by atoms with Gasteiger partial charge in [-0.3, -0.25) is 10.1 Å². The van der Waals surface area contributed by atoms with Crippen LogP contribution in [0.15, 0.2) is 17.0 Å². The van der Waals surface area contributed by atoms with Crippen molar-refractivity contribution in [1.82, 2.24) is 4.72 Å². The second-order valence-electron chi connectivity index (χ2n) is 5.21. The van der Waals surface area contributed by atoms with Gasteiger partial charge in [0, 0.05) is 18.2 Å². The zero-order valence-electron chi connectivity index (χ0n) is 11.3. The van der Waals surface area contributed by atoms with Crippen molar-refractivity contribution in [2.75, 3.05) is 0 Å². The van der Waals surface area contributed by atoms with Gasteiger partial charge in [0.05, 0.1) is 4.92 Å². The maximum atomic E-state index is 12.3. The summed E-state index contributed by atoms with van der Waals surface area (Å²) in [7, 11) is -3.91. The lowest BCUT2D eigenvalue weighted by molar-refractivity contribution is -0.387. The lowest BCUT2D eigenvalue weighted by Gasteiger charge is -2.32. The van der Waals surface area contributed by atoms with Gasteiger partial charge in [0.25, 0.3) is 5.69 Å². The number of nitro groups is 1. The van der Waals surface area contributed by atoms with Crippen LogP contribution in [-0.4, -0.2) is 25.4 Å². The van der Waals surface area contributed by atoms with E-state index in [1.54, 1.807) is 13.8 Å². The van der Waals surface area contributed by atoms with Gasteiger partial charge >= 0.3 is 0 Å². The second-order valence-corrected chi connectivity index (χ2v) is 6.89. The predicted octanol–water partition coefficient (Wildman–Crippen LogP) is 0.980. The molecule has 0 radical (unpaired) electrons. The van der Waals surface area contributed by atoms with E-state index in [4.69, 9.17) is 5.73 Å². The molecule has 20 heavy (non-hydrogen) atoms. The van der Waals surface area contributed by atoms with Crippen molar-refractivity contribution >= 4 is 15.7 Å². The van der Waals surface area contributed by atoms with E-state index >= 15 is 0 Å². The van der Waals surface area contributed by atoms with Gasteiger partial charge in [0.1, 0.15) is 0 Å². The van der Waals surface area contributed by atoms with E-state index in [0.29, 0.717) is 24.0 Å². The highest BCUT2D eigenvalue weighted by atomic mass is 32.2. The zero-order chi connectivity index (χ0) is 15.1. The van der Waals surface area contributed by atoms with Crippen LogP contribution in [0.2, 0.25) is 0 Å². The summed E-state index contributed by atoms with van der Waals surface area (Å²) in [5.41, 5.74) is 6.58. The quantitative estimate of drug-likeness (QED) is 0.635. The van der Waals surface area contributed by atoms with Crippen molar-refractivity contribution < 1.29 is 13.3 Å². The molecule has 8 heteroatoms. The zero-order valence-corrected chi connectivity index (χ0v) is 12.1. The van der Waals surface area contributed by atoms with Crippen LogP contribution in [0.25, 0.3) is 0 Å². The van der Waals surface area contributed by atoms with Crippen molar-refractivity contribution in [3.05, 3.63) is 33.4 Å². The number of nitrogens with zero attached hydrogens (tertiary/aromatic N) is 1. The topological polar surface area (TPSA) is 115 Å². The number of hydrogen-bond acceptors (Lipinski definition) is 5. The number of hydrogen-bond donors (Lipinski definition) is 2. The summed E-state index contributed by atoms with van der Waals surface area (Å²) in [4.78, 5) is 10.1. The Balaban J connectivity index is 2.40. The van der Waals surface area contributed by atoms with Crippen LogP contribution in [0.4, 0.5) is 5.69 Å². The third-order valence-corrected chi connectivity index (χ3v) is 5.11. The number of sulfonamides is 1. The molecule has 0 aromatic heterocycles. The minimum Gasteiger partial charge on any atom is -0.328 e. The van der Waals surface area contributed by atoms with Gasteiger partial charge in [-0.25, -0.2) is 13.1 Å². The summed E-state index contributed by atoms with van der Waals surface area (Å²) in [5, 5.41) is 11.0. The van der Waals surface area contributed by atoms with Gasteiger partial charge < -0.3 is 5.73 Å². The van der Waals surface area contributed by atoms with Crippen molar-refractivity contribution in [2.24, 2.45) is 5.73 Å². The fraction of sp³-hybridized carbons (Fsp3) is 0.500. The lowest BCUT2D eigenvalue weighted by Crippen LogP contribution is -2.50. The van der Waals surface area contributed by atoms with Crippen LogP contribution in [0, 0.1) is 24.0 Å². The van der Waals surface area contributed by atoms with E-state index in [-0.39, 0.29) is 17.0 Å². The van der Waals surface area contributed by atoms with Gasteiger partial charge in [-0.2, -0.15) is 0 Å². The second kappa shape index (κ2) is 5.12. The average molecular weight is 299 g/mol. The molecule has 1 aromatic rings. The molecule has 1 saturated carbocycles. The van der Waals surface area contributed by atoms with Gasteiger partial charge in [0.15, 0.2) is 4.90 Å². The molecule has 0 saturated heterocycles. The molecule has 110 valence electrons. The van der Waals surface area contributed by atoms with Crippen LogP contribution < -0.4 is 10.5 Å². The summed E-state index contributed by atoms with van der Waals surface area (Å²) in [6.07, 6.45) is 1.11. The lowest BCUT2D eigenvalue weighted by atomic mass is 9.89. The van der Waals surface area contributed by atoms with E-state index in [1.807, 2.05) is 0 Å². The molecule has 1 aliphatic rings. The van der Waals surface area contributed by atoms with E-state index in [9.17, 15) is 18.5 Å². The Hall–Kier alpha value is -1.51. The van der Waals surface area contributed by atoms with Crippen LogP contribution in [0.1, 0.15) is 24.0 Å². The van der Waals surface area contributed by atoms with Crippen LogP contribution in [-0.2, 0) is 10.0 Å². The normalized spacial score (nSPS) is 22.4. The van der Waals surface area contributed by atoms with Crippen LogP contribution >= 0.6 is 0 Å². The summed E-state index contributed by atoms with van der Waals surface area (Å²) in [5.74, 6) is 0. The molecule has 0 heterocycles. The molecule has 0 unspecified atom stereocenters. The molecule has 7 nitrogen and oxygen atoms in total. The van der Waals surface area contributed by atoms with E-state index in [2.05, 4.69) is 4.72 Å². The highest BCUT2D eigenvalue weighted by molar-refractivity contribution is 7.89. The molecule has 0 amide bonds. The van der Waals surface area contributed by atoms with Crippen molar-refractivity contribution in [3.63, 3.8) is 0 Å².